The Balaban J connectivity index is 2.25. The van der Waals surface area contributed by atoms with E-state index in [1.807, 2.05) is 6.20 Å². The van der Waals surface area contributed by atoms with Gasteiger partial charge in [0.25, 0.3) is 0 Å². The van der Waals surface area contributed by atoms with E-state index in [9.17, 15) is 0 Å². The topological polar surface area (TPSA) is 56.7 Å². The van der Waals surface area contributed by atoms with Crippen LogP contribution in [0.25, 0.3) is 0 Å². The van der Waals surface area contributed by atoms with Crippen LogP contribution in [0.1, 0.15) is 69.3 Å². The third kappa shape index (κ3) is 3.06. The first-order chi connectivity index (χ1) is 9.40. The Hall–Kier alpha value is -1.30. The van der Waals surface area contributed by atoms with E-state index in [-0.39, 0.29) is 5.25 Å². The lowest BCUT2D eigenvalue weighted by Gasteiger charge is -2.18. The number of aromatic nitrogens is 4. The molecule has 2 rings (SSSR count). The van der Waals surface area contributed by atoms with E-state index < -0.39 is 0 Å². The molecule has 2 aromatic rings. The van der Waals surface area contributed by atoms with E-state index in [1.165, 1.54) is 5.69 Å². The molecule has 5 nitrogen and oxygen atoms in total. The molecule has 2 heterocycles. The highest BCUT2D eigenvalue weighted by atomic mass is 32.2. The number of hydrogen-bond acceptors (Lipinski definition) is 5. The lowest BCUT2D eigenvalue weighted by molar-refractivity contribution is 0.468. The first kappa shape index (κ1) is 15.1. The van der Waals surface area contributed by atoms with Gasteiger partial charge in [-0.3, -0.25) is 0 Å². The van der Waals surface area contributed by atoms with E-state index in [1.54, 1.807) is 18.7 Å². The van der Waals surface area contributed by atoms with Gasteiger partial charge in [-0.25, -0.2) is 4.98 Å². The molecule has 0 N–H and O–H groups in total. The van der Waals surface area contributed by atoms with Crippen LogP contribution in [0.5, 0.6) is 0 Å². The Bertz CT molecular complexity index is 573. The zero-order chi connectivity index (χ0) is 14.9. The van der Waals surface area contributed by atoms with Crippen LogP contribution in [0.15, 0.2) is 15.8 Å². The van der Waals surface area contributed by atoms with E-state index in [4.69, 9.17) is 4.42 Å². The molecule has 20 heavy (non-hydrogen) atoms. The molecule has 0 aliphatic carbocycles. The number of nitrogens with zero attached hydrogens (tertiary/aromatic N) is 4. The van der Waals surface area contributed by atoms with Gasteiger partial charge in [-0.15, -0.1) is 10.2 Å². The standard InChI is InChI=1S/C14H22N4OS/c1-8(2)12-7-15-14(18(12)9(3)4)20-10(5)13-17-16-11(6)19-13/h7-10H,1-6H3/t10-/m1/s1. The van der Waals surface area contributed by atoms with Crippen molar-refractivity contribution in [3.63, 3.8) is 0 Å². The summed E-state index contributed by atoms with van der Waals surface area (Å²) >= 11 is 1.66. The Morgan fingerprint density at radius 3 is 2.35 bits per heavy atom. The van der Waals surface area contributed by atoms with Crippen molar-refractivity contribution >= 4 is 11.8 Å². The summed E-state index contributed by atoms with van der Waals surface area (Å²) in [5, 5.41) is 9.07. The lowest BCUT2D eigenvalue weighted by Crippen LogP contribution is -2.08. The fourth-order valence-electron chi connectivity index (χ4n) is 2.07. The summed E-state index contributed by atoms with van der Waals surface area (Å²) in [6, 6.07) is 0.383. The summed E-state index contributed by atoms with van der Waals surface area (Å²) in [6.07, 6.45) is 1.97. The van der Waals surface area contributed by atoms with Gasteiger partial charge in [-0.2, -0.15) is 0 Å². The highest BCUT2D eigenvalue weighted by Crippen LogP contribution is 2.36. The van der Waals surface area contributed by atoms with Gasteiger partial charge >= 0.3 is 0 Å². The second-order valence-electron chi connectivity index (χ2n) is 5.50. The molecule has 0 bridgehead atoms. The molecule has 0 radical (unpaired) electrons. The second-order valence-corrected chi connectivity index (χ2v) is 6.81. The minimum absolute atomic E-state index is 0.0936. The Morgan fingerprint density at radius 2 is 1.85 bits per heavy atom. The molecule has 0 aliphatic rings. The van der Waals surface area contributed by atoms with Crippen molar-refractivity contribution in [1.82, 2.24) is 19.7 Å². The molecule has 0 aromatic carbocycles. The molecule has 0 aliphatic heterocycles. The predicted octanol–water partition coefficient (Wildman–Crippen LogP) is 4.13. The smallest absolute Gasteiger partial charge is 0.229 e. The predicted molar refractivity (Wildman–Crippen MR) is 80.0 cm³/mol. The SMILES string of the molecule is Cc1nnc([C@@H](C)Sc2ncc(C(C)C)n2C(C)C)o1. The summed E-state index contributed by atoms with van der Waals surface area (Å²) in [7, 11) is 0. The number of hydrogen-bond donors (Lipinski definition) is 0. The molecule has 0 saturated heterocycles. The van der Waals surface area contributed by atoms with Crippen molar-refractivity contribution in [1.29, 1.82) is 0 Å². The van der Waals surface area contributed by atoms with Crippen molar-refractivity contribution in [2.24, 2.45) is 0 Å². The molecule has 6 heteroatoms. The maximum absolute atomic E-state index is 5.49. The minimum atomic E-state index is 0.0936. The van der Waals surface area contributed by atoms with Gasteiger partial charge < -0.3 is 8.98 Å². The van der Waals surface area contributed by atoms with E-state index in [0.717, 1.165) is 5.16 Å². The van der Waals surface area contributed by atoms with Gasteiger partial charge in [-0.1, -0.05) is 25.6 Å². The molecule has 1 atom stereocenters. The largest absolute Gasteiger partial charge is 0.424 e. The van der Waals surface area contributed by atoms with E-state index in [0.29, 0.717) is 23.7 Å². The Morgan fingerprint density at radius 1 is 1.15 bits per heavy atom. The normalized spacial score (nSPS) is 13.4. The Labute approximate surface area is 124 Å². The number of rotatable bonds is 5. The number of imidazole rings is 1. The summed E-state index contributed by atoms with van der Waals surface area (Å²) in [5.74, 6) is 1.71. The van der Waals surface area contributed by atoms with Crippen LogP contribution in [-0.2, 0) is 0 Å². The van der Waals surface area contributed by atoms with Gasteiger partial charge in [0.1, 0.15) is 0 Å². The van der Waals surface area contributed by atoms with Gasteiger partial charge in [0.05, 0.1) is 5.25 Å². The molecule has 2 aromatic heterocycles. The monoisotopic (exact) mass is 294 g/mol. The van der Waals surface area contributed by atoms with Crippen LogP contribution in [0.2, 0.25) is 0 Å². The third-order valence-corrected chi connectivity index (χ3v) is 4.14. The zero-order valence-electron chi connectivity index (χ0n) is 12.9. The first-order valence-corrected chi connectivity index (χ1v) is 7.81. The van der Waals surface area contributed by atoms with Gasteiger partial charge in [-0.05, 0) is 26.7 Å². The summed E-state index contributed by atoms with van der Waals surface area (Å²) in [5.41, 5.74) is 1.26. The number of aryl methyl sites for hydroxylation is 1. The third-order valence-electron chi connectivity index (χ3n) is 3.07. The molecule has 0 saturated carbocycles. The molecular formula is C14H22N4OS. The van der Waals surface area contributed by atoms with Gasteiger partial charge in [0, 0.05) is 24.9 Å². The molecule has 0 amide bonds. The molecule has 0 unspecified atom stereocenters. The average Bonchev–Trinajstić information content (AvgIpc) is 2.95. The van der Waals surface area contributed by atoms with Gasteiger partial charge in [0.2, 0.25) is 11.8 Å². The van der Waals surface area contributed by atoms with Crippen LogP contribution >= 0.6 is 11.8 Å². The van der Waals surface area contributed by atoms with Crippen molar-refractivity contribution in [2.45, 2.75) is 63.9 Å². The summed E-state index contributed by atoms with van der Waals surface area (Å²) in [4.78, 5) is 4.57. The second kappa shape index (κ2) is 5.99. The average molecular weight is 294 g/mol. The molecule has 110 valence electrons. The van der Waals surface area contributed by atoms with Crippen molar-refractivity contribution < 1.29 is 4.42 Å². The highest BCUT2D eigenvalue weighted by molar-refractivity contribution is 7.99. The molecular weight excluding hydrogens is 272 g/mol. The van der Waals surface area contributed by atoms with Crippen molar-refractivity contribution in [3.8, 4) is 0 Å². The van der Waals surface area contributed by atoms with Crippen LogP contribution in [0.3, 0.4) is 0 Å². The lowest BCUT2D eigenvalue weighted by atomic mass is 10.1. The first-order valence-electron chi connectivity index (χ1n) is 6.94. The Kier molecular flexibility index (Phi) is 4.52. The molecule has 0 fully saturated rings. The van der Waals surface area contributed by atoms with Crippen LogP contribution < -0.4 is 0 Å². The fraction of sp³-hybridized carbons (Fsp3) is 0.643. The molecule has 0 spiro atoms. The maximum Gasteiger partial charge on any atom is 0.229 e. The van der Waals surface area contributed by atoms with Gasteiger partial charge in [0.15, 0.2) is 5.16 Å². The zero-order valence-corrected chi connectivity index (χ0v) is 13.7. The van der Waals surface area contributed by atoms with Crippen LogP contribution in [0.4, 0.5) is 0 Å². The fourth-order valence-corrected chi connectivity index (χ4v) is 3.13. The van der Waals surface area contributed by atoms with Crippen molar-refractivity contribution in [3.05, 3.63) is 23.7 Å². The van der Waals surface area contributed by atoms with Crippen LogP contribution in [-0.4, -0.2) is 19.7 Å². The van der Waals surface area contributed by atoms with E-state index in [2.05, 4.69) is 54.4 Å². The van der Waals surface area contributed by atoms with Crippen molar-refractivity contribution in [2.75, 3.05) is 0 Å². The summed E-state index contributed by atoms with van der Waals surface area (Å²) < 4.78 is 7.78. The highest BCUT2D eigenvalue weighted by Gasteiger charge is 2.21. The maximum atomic E-state index is 5.49. The van der Waals surface area contributed by atoms with Crippen LogP contribution in [0, 0.1) is 6.92 Å². The van der Waals surface area contributed by atoms with E-state index >= 15 is 0 Å². The minimum Gasteiger partial charge on any atom is -0.424 e. The quantitative estimate of drug-likeness (QED) is 0.776. The number of thioether (sulfide) groups is 1. The summed E-state index contributed by atoms with van der Waals surface area (Å²) in [6.45, 7) is 12.6.